The van der Waals surface area contributed by atoms with Crippen molar-refractivity contribution in [3.8, 4) is 17.1 Å². The Hall–Kier alpha value is -2.41. The van der Waals surface area contributed by atoms with E-state index in [-0.39, 0.29) is 11.4 Å². The van der Waals surface area contributed by atoms with Gasteiger partial charge in [-0.15, -0.1) is 0 Å². The summed E-state index contributed by atoms with van der Waals surface area (Å²) in [6.45, 7) is 0. The quantitative estimate of drug-likeness (QED) is 0.553. The lowest BCUT2D eigenvalue weighted by atomic mass is 10.2. The highest BCUT2D eigenvalue weighted by molar-refractivity contribution is 9.10. The van der Waals surface area contributed by atoms with Crippen molar-refractivity contribution in [2.24, 2.45) is 0 Å². The number of halogens is 1. The third-order valence-corrected chi connectivity index (χ3v) is 3.53. The molecule has 20 heavy (non-hydrogen) atoms. The van der Waals surface area contributed by atoms with Gasteiger partial charge in [-0.1, -0.05) is 0 Å². The second-order valence-corrected chi connectivity index (χ2v) is 5.06. The molecule has 7 heteroatoms. The molecule has 0 saturated carbocycles. The highest BCUT2D eigenvalue weighted by Crippen LogP contribution is 2.30. The number of nitrogens with zero attached hydrogens (tertiary/aromatic N) is 2. The van der Waals surface area contributed by atoms with E-state index in [9.17, 15) is 15.2 Å². The Morgan fingerprint density at radius 1 is 1.25 bits per heavy atom. The number of aromatic hydroxyl groups is 1. The molecule has 3 rings (SSSR count). The Labute approximate surface area is 121 Å². The van der Waals surface area contributed by atoms with Crippen molar-refractivity contribution in [2.45, 2.75) is 0 Å². The molecule has 6 nitrogen and oxygen atoms in total. The van der Waals surface area contributed by atoms with Gasteiger partial charge in [0, 0.05) is 17.7 Å². The van der Waals surface area contributed by atoms with Gasteiger partial charge in [0.05, 0.1) is 20.4 Å². The van der Waals surface area contributed by atoms with Crippen molar-refractivity contribution < 1.29 is 10.0 Å². The lowest BCUT2D eigenvalue weighted by Crippen LogP contribution is -1.86. The summed E-state index contributed by atoms with van der Waals surface area (Å²) < 4.78 is 0.557. The number of rotatable bonds is 2. The highest BCUT2D eigenvalue weighted by Gasteiger charge is 2.11. The second-order valence-electron chi connectivity index (χ2n) is 4.21. The van der Waals surface area contributed by atoms with Gasteiger partial charge in [-0.2, -0.15) is 0 Å². The molecule has 0 amide bonds. The van der Waals surface area contributed by atoms with Crippen LogP contribution in [0.25, 0.3) is 22.4 Å². The fourth-order valence-corrected chi connectivity index (χ4v) is 2.28. The van der Waals surface area contributed by atoms with Crippen LogP contribution in [-0.4, -0.2) is 20.0 Å². The van der Waals surface area contributed by atoms with Crippen LogP contribution in [0.3, 0.4) is 0 Å². The number of benzene rings is 2. The average molecular weight is 334 g/mol. The Morgan fingerprint density at radius 2 is 2.05 bits per heavy atom. The normalized spacial score (nSPS) is 10.8. The number of hydrogen-bond acceptors (Lipinski definition) is 4. The van der Waals surface area contributed by atoms with Crippen molar-refractivity contribution in [2.75, 3.05) is 0 Å². The number of phenols is 1. The number of nitrogens with one attached hydrogen (secondary N) is 1. The van der Waals surface area contributed by atoms with Gasteiger partial charge in [-0.25, -0.2) is 4.98 Å². The maximum Gasteiger partial charge on any atom is 0.271 e. The lowest BCUT2D eigenvalue weighted by molar-refractivity contribution is -0.384. The van der Waals surface area contributed by atoms with Crippen LogP contribution in [0.15, 0.2) is 40.9 Å². The van der Waals surface area contributed by atoms with Crippen molar-refractivity contribution in [1.29, 1.82) is 0 Å². The molecule has 0 unspecified atom stereocenters. The number of nitro benzene ring substituents is 1. The predicted molar refractivity (Wildman–Crippen MR) is 77.5 cm³/mol. The molecular formula is C13H8BrN3O3. The van der Waals surface area contributed by atoms with Gasteiger partial charge in [-0.05, 0) is 40.2 Å². The van der Waals surface area contributed by atoms with Gasteiger partial charge < -0.3 is 10.1 Å². The van der Waals surface area contributed by atoms with Crippen LogP contribution in [-0.2, 0) is 0 Å². The third kappa shape index (κ3) is 2.12. The zero-order valence-corrected chi connectivity index (χ0v) is 11.6. The van der Waals surface area contributed by atoms with Gasteiger partial charge >= 0.3 is 0 Å². The summed E-state index contributed by atoms with van der Waals surface area (Å²) in [5, 5.41) is 20.2. The number of hydrogen-bond donors (Lipinski definition) is 2. The van der Waals surface area contributed by atoms with Crippen molar-refractivity contribution in [3.05, 3.63) is 51.0 Å². The molecule has 2 N–H and O–H groups in total. The minimum atomic E-state index is -0.447. The van der Waals surface area contributed by atoms with Gasteiger partial charge in [0.25, 0.3) is 5.69 Å². The number of nitro groups is 1. The van der Waals surface area contributed by atoms with E-state index in [1.807, 2.05) is 0 Å². The lowest BCUT2D eigenvalue weighted by Gasteiger charge is -1.99. The molecule has 0 bridgehead atoms. The first-order valence-corrected chi connectivity index (χ1v) is 6.47. The largest absolute Gasteiger partial charge is 0.507 e. The maximum absolute atomic E-state index is 10.7. The molecule has 2 aromatic carbocycles. The summed E-state index contributed by atoms with van der Waals surface area (Å²) in [5.74, 6) is 0.724. The van der Waals surface area contributed by atoms with Gasteiger partial charge in [0.15, 0.2) is 0 Å². The Kier molecular flexibility index (Phi) is 2.90. The number of H-pyrrole nitrogens is 1. The van der Waals surface area contributed by atoms with E-state index in [0.29, 0.717) is 21.3 Å². The Balaban J connectivity index is 2.12. The molecule has 100 valence electrons. The first kappa shape index (κ1) is 12.6. The Morgan fingerprint density at radius 3 is 2.75 bits per heavy atom. The van der Waals surface area contributed by atoms with E-state index in [2.05, 4.69) is 25.9 Å². The van der Waals surface area contributed by atoms with Crippen LogP contribution in [0.2, 0.25) is 0 Å². The number of fused-ring (bicyclic) bond motifs is 1. The smallest absolute Gasteiger partial charge is 0.271 e. The monoisotopic (exact) mass is 333 g/mol. The van der Waals surface area contributed by atoms with E-state index >= 15 is 0 Å². The number of phenolic OH excluding ortho intramolecular Hbond substituents is 1. The summed E-state index contributed by atoms with van der Waals surface area (Å²) in [6.07, 6.45) is 0. The fourth-order valence-electron chi connectivity index (χ4n) is 1.90. The molecule has 1 heterocycles. The first-order chi connectivity index (χ1) is 9.54. The average Bonchev–Trinajstić information content (AvgIpc) is 2.84. The van der Waals surface area contributed by atoms with Crippen LogP contribution < -0.4 is 0 Å². The number of aromatic nitrogens is 2. The van der Waals surface area contributed by atoms with E-state index < -0.39 is 4.92 Å². The van der Waals surface area contributed by atoms with E-state index in [0.717, 1.165) is 5.56 Å². The number of non-ortho nitro benzene ring substituents is 1. The standard InChI is InChI=1S/C13H8BrN3O3/c14-9-5-7(1-4-12(9)18)13-15-10-3-2-8(17(19)20)6-11(10)16-13/h1-6,18H,(H,15,16). The van der Waals surface area contributed by atoms with Gasteiger partial charge in [-0.3, -0.25) is 10.1 Å². The number of aromatic amines is 1. The zero-order chi connectivity index (χ0) is 14.3. The maximum atomic E-state index is 10.7. The molecule has 3 aromatic rings. The molecule has 0 fully saturated rings. The zero-order valence-electron chi connectivity index (χ0n) is 10.0. The summed E-state index contributed by atoms with van der Waals surface area (Å²) in [6, 6.07) is 9.45. The van der Waals surface area contributed by atoms with Crippen molar-refractivity contribution in [3.63, 3.8) is 0 Å². The van der Waals surface area contributed by atoms with Crippen molar-refractivity contribution in [1.82, 2.24) is 9.97 Å². The van der Waals surface area contributed by atoms with Gasteiger partial charge in [0.2, 0.25) is 0 Å². The van der Waals surface area contributed by atoms with Crippen LogP contribution in [0.1, 0.15) is 0 Å². The second kappa shape index (κ2) is 4.61. The molecule has 0 atom stereocenters. The minimum absolute atomic E-state index is 0.0135. The fraction of sp³-hybridized carbons (Fsp3) is 0. The molecule has 0 saturated heterocycles. The third-order valence-electron chi connectivity index (χ3n) is 2.90. The minimum Gasteiger partial charge on any atom is -0.507 e. The first-order valence-electron chi connectivity index (χ1n) is 5.67. The SMILES string of the molecule is O=[N+]([O-])c1ccc2nc(-c3ccc(O)c(Br)c3)[nH]c2c1. The molecule has 0 spiro atoms. The van der Waals surface area contributed by atoms with Crippen LogP contribution in [0, 0.1) is 10.1 Å². The molecular weight excluding hydrogens is 326 g/mol. The molecule has 0 aliphatic carbocycles. The van der Waals surface area contributed by atoms with E-state index in [1.165, 1.54) is 12.1 Å². The summed E-state index contributed by atoms with van der Waals surface area (Å²) in [7, 11) is 0. The van der Waals surface area contributed by atoms with Gasteiger partial charge in [0.1, 0.15) is 11.6 Å². The summed E-state index contributed by atoms with van der Waals surface area (Å²) in [5.41, 5.74) is 2.03. The highest BCUT2D eigenvalue weighted by atomic mass is 79.9. The predicted octanol–water partition coefficient (Wildman–Crippen LogP) is 3.61. The molecule has 0 aliphatic heterocycles. The molecule has 0 radical (unpaired) electrons. The molecule has 1 aromatic heterocycles. The molecule has 0 aliphatic rings. The van der Waals surface area contributed by atoms with Crippen LogP contribution in [0.4, 0.5) is 5.69 Å². The van der Waals surface area contributed by atoms with Crippen LogP contribution >= 0.6 is 15.9 Å². The summed E-state index contributed by atoms with van der Waals surface area (Å²) in [4.78, 5) is 17.7. The van der Waals surface area contributed by atoms with Crippen LogP contribution in [0.5, 0.6) is 5.75 Å². The Bertz CT molecular complexity index is 829. The number of imidazole rings is 1. The van der Waals surface area contributed by atoms with Crippen molar-refractivity contribution >= 4 is 32.7 Å². The van der Waals surface area contributed by atoms with E-state index in [4.69, 9.17) is 0 Å². The topological polar surface area (TPSA) is 92.1 Å². The summed E-state index contributed by atoms with van der Waals surface area (Å²) >= 11 is 3.24. The van der Waals surface area contributed by atoms with E-state index in [1.54, 1.807) is 24.3 Å².